The molecule has 1 amide bonds. The van der Waals surface area contributed by atoms with Gasteiger partial charge < -0.3 is 5.32 Å². The molecule has 2 aromatic rings. The number of aromatic nitrogens is 2. The number of benzene rings is 1. The van der Waals surface area contributed by atoms with Crippen molar-refractivity contribution in [3.63, 3.8) is 0 Å². The molecule has 4 nitrogen and oxygen atoms in total. The second-order valence-electron chi connectivity index (χ2n) is 5.34. The van der Waals surface area contributed by atoms with Gasteiger partial charge in [-0.2, -0.15) is 0 Å². The second kappa shape index (κ2) is 8.56. The first-order chi connectivity index (χ1) is 11.0. The number of rotatable bonds is 7. The molecule has 1 aromatic carbocycles. The van der Waals surface area contributed by atoms with E-state index in [0.717, 1.165) is 10.8 Å². The minimum Gasteiger partial charge on any atom is -0.355 e. The van der Waals surface area contributed by atoms with Gasteiger partial charge in [0.25, 0.3) is 0 Å². The summed E-state index contributed by atoms with van der Waals surface area (Å²) in [7, 11) is 0. The number of hydrogen-bond donors (Lipinski definition) is 1. The molecule has 0 saturated heterocycles. The van der Waals surface area contributed by atoms with Crippen LogP contribution >= 0.6 is 35.3 Å². The molecule has 0 aliphatic carbocycles. The molecule has 0 saturated carbocycles. The number of hydrogen-bond acceptors (Lipinski definition) is 5. The summed E-state index contributed by atoms with van der Waals surface area (Å²) in [5.74, 6) is 0.566. The van der Waals surface area contributed by atoms with Crippen molar-refractivity contribution in [1.82, 2.24) is 15.1 Å². The van der Waals surface area contributed by atoms with Crippen molar-refractivity contribution < 1.29 is 9.18 Å². The highest BCUT2D eigenvalue weighted by Gasteiger charge is 2.09. The quantitative estimate of drug-likeness (QED) is 0.589. The van der Waals surface area contributed by atoms with Gasteiger partial charge in [0.05, 0.1) is 11.4 Å². The molecule has 0 spiro atoms. The molecule has 0 unspecified atom stereocenters. The van der Waals surface area contributed by atoms with Gasteiger partial charge in [-0.15, -0.1) is 5.10 Å². The molecule has 1 heterocycles. The minimum atomic E-state index is -0.303. The van der Waals surface area contributed by atoms with Gasteiger partial charge in [-0.05, 0) is 48.8 Å². The van der Waals surface area contributed by atoms with Gasteiger partial charge in [-0.1, -0.05) is 36.9 Å². The van der Waals surface area contributed by atoms with E-state index in [9.17, 15) is 9.18 Å². The average Bonchev–Trinajstić information content (AvgIpc) is 2.87. The van der Waals surface area contributed by atoms with E-state index in [1.165, 1.54) is 35.2 Å². The Morgan fingerprint density at radius 3 is 2.78 bits per heavy atom. The van der Waals surface area contributed by atoms with Crippen LogP contribution in [0, 0.1) is 15.7 Å². The van der Waals surface area contributed by atoms with Crippen LogP contribution in [0.1, 0.15) is 20.3 Å². The Hall–Kier alpha value is -1.25. The largest absolute Gasteiger partial charge is 0.355 e. The van der Waals surface area contributed by atoms with Gasteiger partial charge in [0, 0.05) is 6.54 Å². The van der Waals surface area contributed by atoms with E-state index >= 15 is 0 Å². The fraction of sp³-hybridized carbons (Fsp3) is 0.400. The lowest BCUT2D eigenvalue weighted by Gasteiger charge is -2.06. The zero-order chi connectivity index (χ0) is 16.8. The predicted molar refractivity (Wildman–Crippen MR) is 95.4 cm³/mol. The summed E-state index contributed by atoms with van der Waals surface area (Å²) in [6.07, 6.45) is 0.967. The Morgan fingerprint density at radius 1 is 1.43 bits per heavy atom. The maximum atomic E-state index is 13.0. The Labute approximate surface area is 148 Å². The van der Waals surface area contributed by atoms with E-state index in [0.29, 0.717) is 27.9 Å². The molecule has 0 aliphatic heterocycles. The van der Waals surface area contributed by atoms with Crippen molar-refractivity contribution in [2.45, 2.75) is 24.6 Å². The van der Waals surface area contributed by atoms with Crippen LogP contribution in [0.2, 0.25) is 0 Å². The summed E-state index contributed by atoms with van der Waals surface area (Å²) in [5.41, 5.74) is 0.709. The maximum Gasteiger partial charge on any atom is 0.230 e. The van der Waals surface area contributed by atoms with Gasteiger partial charge in [0.15, 0.2) is 8.29 Å². The van der Waals surface area contributed by atoms with Crippen LogP contribution < -0.4 is 5.32 Å². The van der Waals surface area contributed by atoms with Gasteiger partial charge in [0.1, 0.15) is 5.82 Å². The van der Waals surface area contributed by atoms with Gasteiger partial charge in [-0.3, -0.25) is 4.79 Å². The highest BCUT2D eigenvalue weighted by atomic mass is 32.2. The molecule has 2 rings (SSSR count). The monoisotopic (exact) mass is 371 g/mol. The van der Waals surface area contributed by atoms with Gasteiger partial charge >= 0.3 is 0 Å². The van der Waals surface area contributed by atoms with Crippen molar-refractivity contribution in [3.8, 4) is 5.69 Å². The molecular formula is C15H18FN3OS3. The van der Waals surface area contributed by atoms with Crippen LogP contribution in [-0.4, -0.2) is 28.0 Å². The van der Waals surface area contributed by atoms with Crippen molar-refractivity contribution in [3.05, 3.63) is 34.0 Å². The predicted octanol–water partition coefficient (Wildman–Crippen LogP) is 4.06. The maximum absolute atomic E-state index is 13.0. The number of halogens is 1. The van der Waals surface area contributed by atoms with Crippen LogP contribution in [-0.2, 0) is 4.79 Å². The summed E-state index contributed by atoms with van der Waals surface area (Å²) < 4.78 is 15.8. The summed E-state index contributed by atoms with van der Waals surface area (Å²) in [6.45, 7) is 4.93. The summed E-state index contributed by atoms with van der Waals surface area (Å²) >= 11 is 7.97. The average molecular weight is 372 g/mol. The number of nitrogens with one attached hydrogen (secondary N) is 1. The highest BCUT2D eigenvalue weighted by Crippen LogP contribution is 2.24. The number of thioether (sulfide) groups is 1. The summed E-state index contributed by atoms with van der Waals surface area (Å²) in [6, 6.07) is 5.98. The van der Waals surface area contributed by atoms with Crippen LogP contribution in [0.25, 0.3) is 5.69 Å². The van der Waals surface area contributed by atoms with Gasteiger partial charge in [-0.25, -0.2) is 9.07 Å². The molecule has 0 atom stereocenters. The van der Waals surface area contributed by atoms with Crippen molar-refractivity contribution >= 4 is 41.2 Å². The molecule has 0 radical (unpaired) electrons. The van der Waals surface area contributed by atoms with Crippen LogP contribution in [0.15, 0.2) is 28.6 Å². The minimum absolute atomic E-state index is 0.00917. The summed E-state index contributed by atoms with van der Waals surface area (Å²) in [5, 5.41) is 7.27. The van der Waals surface area contributed by atoms with E-state index in [4.69, 9.17) is 12.2 Å². The molecule has 124 valence electrons. The van der Waals surface area contributed by atoms with E-state index in [-0.39, 0.29) is 11.7 Å². The number of nitrogens with zero attached hydrogens (tertiary/aromatic N) is 2. The first-order valence-corrected chi connectivity index (χ1v) is 9.42. The van der Waals surface area contributed by atoms with E-state index in [1.807, 2.05) is 0 Å². The molecule has 23 heavy (non-hydrogen) atoms. The zero-order valence-corrected chi connectivity index (χ0v) is 15.4. The van der Waals surface area contributed by atoms with Crippen LogP contribution in [0.3, 0.4) is 0 Å². The number of carbonyl (C=O) groups excluding carboxylic acids is 1. The third-order valence-electron chi connectivity index (χ3n) is 2.97. The standard InChI is InChI=1S/C15H18FN3OS3/c1-10(2)7-8-17-13(20)9-22-14-18-19(15(21)23-14)12-5-3-11(16)4-6-12/h3-6,10H,7-9H2,1-2H3,(H,17,20). The lowest BCUT2D eigenvalue weighted by molar-refractivity contribution is -0.118. The fourth-order valence-electron chi connectivity index (χ4n) is 1.74. The van der Waals surface area contributed by atoms with E-state index in [2.05, 4.69) is 24.3 Å². The lowest BCUT2D eigenvalue weighted by Crippen LogP contribution is -2.26. The van der Waals surface area contributed by atoms with E-state index in [1.54, 1.807) is 16.8 Å². The third-order valence-corrected chi connectivity index (χ3v) is 5.34. The lowest BCUT2D eigenvalue weighted by atomic mass is 10.1. The van der Waals surface area contributed by atoms with Crippen molar-refractivity contribution in [2.75, 3.05) is 12.3 Å². The molecule has 0 bridgehead atoms. The Bertz CT molecular complexity index is 710. The number of amides is 1. The Balaban J connectivity index is 1.92. The molecule has 0 aliphatic rings. The van der Waals surface area contributed by atoms with Crippen molar-refractivity contribution in [1.29, 1.82) is 0 Å². The smallest absolute Gasteiger partial charge is 0.230 e. The Kier molecular flexibility index (Phi) is 6.73. The molecule has 8 heteroatoms. The molecule has 1 N–H and O–H groups in total. The summed E-state index contributed by atoms with van der Waals surface area (Å²) in [4.78, 5) is 11.8. The van der Waals surface area contributed by atoms with Gasteiger partial charge in [0.2, 0.25) is 5.91 Å². The van der Waals surface area contributed by atoms with Crippen molar-refractivity contribution in [2.24, 2.45) is 5.92 Å². The highest BCUT2D eigenvalue weighted by molar-refractivity contribution is 8.01. The first kappa shape index (κ1) is 18.1. The molecular weight excluding hydrogens is 353 g/mol. The van der Waals surface area contributed by atoms with E-state index < -0.39 is 0 Å². The Morgan fingerprint density at radius 2 is 2.13 bits per heavy atom. The normalized spacial score (nSPS) is 11.0. The fourth-order valence-corrected chi connectivity index (χ4v) is 3.93. The number of carbonyl (C=O) groups is 1. The zero-order valence-electron chi connectivity index (χ0n) is 12.9. The second-order valence-corrected chi connectivity index (χ2v) is 8.19. The SMILES string of the molecule is CC(C)CCNC(=O)CSc1nn(-c2ccc(F)cc2)c(=S)s1. The van der Waals surface area contributed by atoms with Crippen LogP contribution in [0.4, 0.5) is 4.39 Å². The topological polar surface area (TPSA) is 46.9 Å². The molecule has 1 aromatic heterocycles. The third kappa shape index (κ3) is 5.71. The first-order valence-electron chi connectivity index (χ1n) is 7.21. The van der Waals surface area contributed by atoms with Crippen LogP contribution in [0.5, 0.6) is 0 Å². The molecule has 0 fully saturated rings.